The van der Waals surface area contributed by atoms with Crippen molar-refractivity contribution >= 4 is 38.5 Å². The lowest BCUT2D eigenvalue weighted by atomic mass is 9.86. The number of nitrogens with zero attached hydrogens (tertiary/aromatic N) is 1. The van der Waals surface area contributed by atoms with E-state index in [0.29, 0.717) is 50.4 Å². The first-order chi connectivity index (χ1) is 19.5. The molecule has 5 atom stereocenters. The smallest absolute Gasteiger partial charge is 0.344 e. The maximum Gasteiger partial charge on any atom is 0.344 e. The molecule has 4 aromatic rings. The minimum absolute atomic E-state index is 0.0983. The molecule has 5 rings (SSSR count). The van der Waals surface area contributed by atoms with E-state index in [1.807, 2.05) is 13.0 Å². The molecule has 0 radical (unpaired) electrons. The van der Waals surface area contributed by atoms with Gasteiger partial charge in [-0.05, 0) is 62.8 Å². The third-order valence-electron chi connectivity index (χ3n) is 7.93. The Kier molecular flexibility index (Phi) is 7.58. The fourth-order valence-electron chi connectivity index (χ4n) is 6.07. The molecule has 1 aliphatic heterocycles. The number of aliphatic hydroxyl groups excluding tert-OH is 1. The van der Waals surface area contributed by atoms with Gasteiger partial charge in [-0.1, -0.05) is 13.0 Å². The topological polar surface area (TPSA) is 128 Å². The number of rotatable bonds is 6. The van der Waals surface area contributed by atoms with Crippen LogP contribution in [0, 0.1) is 0 Å². The van der Waals surface area contributed by atoms with Crippen molar-refractivity contribution in [1.82, 2.24) is 4.90 Å². The normalized spacial score (nSPS) is 22.9. The summed E-state index contributed by atoms with van der Waals surface area (Å²) in [6.45, 7) is 5.07. The molecule has 0 saturated carbocycles. The highest BCUT2D eigenvalue weighted by Crippen LogP contribution is 2.47. The van der Waals surface area contributed by atoms with Crippen LogP contribution in [0.1, 0.15) is 38.0 Å². The Hall–Kier alpha value is -3.86. The summed E-state index contributed by atoms with van der Waals surface area (Å²) < 4.78 is 29.3. The number of aliphatic hydroxyl groups is 1. The van der Waals surface area contributed by atoms with E-state index < -0.39 is 42.1 Å². The SMILES string of the molecule is CCc1cc(OC)c2c(c1)c(=O)oc1c2cc(OC)c2c(O)ccc([C@@H]3O[C@@H](C)[C@@H](OC(C)=O)[C@H](N(C)C)[C@@H]3O)c21. The van der Waals surface area contributed by atoms with Crippen LogP contribution < -0.4 is 15.1 Å². The van der Waals surface area contributed by atoms with Crippen molar-refractivity contribution in [2.45, 2.75) is 57.6 Å². The first-order valence-corrected chi connectivity index (χ1v) is 13.5. The third kappa shape index (κ3) is 4.65. The lowest BCUT2D eigenvalue weighted by Crippen LogP contribution is -2.60. The Morgan fingerprint density at radius 3 is 2.32 bits per heavy atom. The van der Waals surface area contributed by atoms with Gasteiger partial charge in [0.05, 0.1) is 37.1 Å². The van der Waals surface area contributed by atoms with Gasteiger partial charge in [0.15, 0.2) is 0 Å². The van der Waals surface area contributed by atoms with E-state index >= 15 is 0 Å². The first kappa shape index (κ1) is 28.7. The minimum Gasteiger partial charge on any atom is -0.507 e. The second-order valence-electron chi connectivity index (χ2n) is 10.6. The second kappa shape index (κ2) is 10.8. The molecule has 0 unspecified atom stereocenters. The number of benzene rings is 3. The van der Waals surface area contributed by atoms with Gasteiger partial charge >= 0.3 is 11.6 Å². The lowest BCUT2D eigenvalue weighted by molar-refractivity contribution is -0.212. The number of fused-ring (bicyclic) bond motifs is 5. The number of carbonyl (C=O) groups excluding carboxylic acids is 1. The van der Waals surface area contributed by atoms with Crippen molar-refractivity contribution < 1.29 is 38.4 Å². The lowest BCUT2D eigenvalue weighted by Gasteiger charge is -2.46. The maximum absolute atomic E-state index is 13.5. The molecule has 1 saturated heterocycles. The fourth-order valence-corrected chi connectivity index (χ4v) is 6.07. The van der Waals surface area contributed by atoms with Gasteiger partial charge in [-0.2, -0.15) is 0 Å². The molecule has 10 heteroatoms. The Labute approximate surface area is 237 Å². The van der Waals surface area contributed by atoms with Gasteiger partial charge in [0.2, 0.25) is 0 Å². The van der Waals surface area contributed by atoms with Crippen molar-refractivity contribution in [3.05, 3.63) is 51.9 Å². The quantitative estimate of drug-likeness (QED) is 0.201. The number of aryl methyl sites for hydroxylation is 1. The third-order valence-corrected chi connectivity index (χ3v) is 7.93. The van der Waals surface area contributed by atoms with Gasteiger partial charge in [-0.3, -0.25) is 4.79 Å². The summed E-state index contributed by atoms with van der Waals surface area (Å²) in [6.07, 6.45) is -2.73. The number of hydrogen-bond donors (Lipinski definition) is 2. The summed E-state index contributed by atoms with van der Waals surface area (Å²) in [4.78, 5) is 27.1. The molecule has 218 valence electrons. The Morgan fingerprint density at radius 2 is 1.71 bits per heavy atom. The van der Waals surface area contributed by atoms with Crippen molar-refractivity contribution in [3.8, 4) is 17.2 Å². The van der Waals surface area contributed by atoms with Gasteiger partial charge in [-0.25, -0.2) is 4.79 Å². The zero-order valence-corrected chi connectivity index (χ0v) is 24.2. The fraction of sp³-hybridized carbons (Fsp3) is 0.419. The Morgan fingerprint density at radius 1 is 1.02 bits per heavy atom. The van der Waals surface area contributed by atoms with Crippen LogP contribution in [0.3, 0.4) is 0 Å². The first-order valence-electron chi connectivity index (χ1n) is 13.5. The molecular weight excluding hydrogens is 530 g/mol. The summed E-state index contributed by atoms with van der Waals surface area (Å²) in [6, 6.07) is 7.89. The van der Waals surface area contributed by atoms with E-state index in [-0.39, 0.29) is 11.3 Å². The predicted molar refractivity (Wildman–Crippen MR) is 154 cm³/mol. The molecule has 1 aliphatic rings. The van der Waals surface area contributed by atoms with Crippen LogP contribution in [0.2, 0.25) is 0 Å². The van der Waals surface area contributed by atoms with Gasteiger partial charge in [0, 0.05) is 23.1 Å². The molecule has 0 bridgehead atoms. The maximum atomic E-state index is 13.5. The van der Waals surface area contributed by atoms with E-state index in [1.165, 1.54) is 20.1 Å². The van der Waals surface area contributed by atoms with Crippen LogP contribution in [-0.4, -0.2) is 73.8 Å². The summed E-state index contributed by atoms with van der Waals surface area (Å²) >= 11 is 0. The zero-order valence-electron chi connectivity index (χ0n) is 24.2. The second-order valence-corrected chi connectivity index (χ2v) is 10.6. The van der Waals surface area contributed by atoms with E-state index in [1.54, 1.807) is 51.2 Å². The number of phenolic OH excluding ortho intramolecular Hbond substituents is 1. The van der Waals surface area contributed by atoms with Crippen molar-refractivity contribution in [2.75, 3.05) is 28.3 Å². The molecule has 0 spiro atoms. The Balaban J connectivity index is 1.87. The van der Waals surface area contributed by atoms with Crippen molar-refractivity contribution in [2.24, 2.45) is 0 Å². The molecule has 1 fully saturated rings. The highest BCUT2D eigenvalue weighted by Gasteiger charge is 2.47. The Bertz CT molecular complexity index is 1710. The van der Waals surface area contributed by atoms with E-state index in [9.17, 15) is 19.8 Å². The number of ether oxygens (including phenoxy) is 4. The highest BCUT2D eigenvalue weighted by molar-refractivity contribution is 6.19. The van der Waals surface area contributed by atoms with Crippen molar-refractivity contribution in [1.29, 1.82) is 0 Å². The summed E-state index contributed by atoms with van der Waals surface area (Å²) in [7, 11) is 6.60. The van der Waals surface area contributed by atoms with Gasteiger partial charge in [0.25, 0.3) is 0 Å². The number of hydrogen-bond acceptors (Lipinski definition) is 10. The van der Waals surface area contributed by atoms with Crippen LogP contribution in [0.5, 0.6) is 17.2 Å². The molecule has 41 heavy (non-hydrogen) atoms. The highest BCUT2D eigenvalue weighted by atomic mass is 16.6. The van der Waals surface area contributed by atoms with Crippen molar-refractivity contribution in [3.63, 3.8) is 0 Å². The molecule has 0 amide bonds. The van der Waals surface area contributed by atoms with Crippen LogP contribution in [0.25, 0.3) is 32.5 Å². The molecule has 10 nitrogen and oxygen atoms in total. The zero-order chi connectivity index (χ0) is 29.7. The van der Waals surface area contributed by atoms with Gasteiger partial charge < -0.3 is 38.5 Å². The molecule has 1 aromatic heterocycles. The van der Waals surface area contributed by atoms with E-state index in [4.69, 9.17) is 23.4 Å². The van der Waals surface area contributed by atoms with Crippen LogP contribution >= 0.6 is 0 Å². The van der Waals surface area contributed by atoms with Gasteiger partial charge in [0.1, 0.15) is 41.1 Å². The average Bonchev–Trinajstić information content (AvgIpc) is 2.94. The average molecular weight is 566 g/mol. The number of methoxy groups -OCH3 is 2. The van der Waals surface area contributed by atoms with Crippen LogP contribution in [0.15, 0.2) is 39.5 Å². The van der Waals surface area contributed by atoms with Crippen LogP contribution in [-0.2, 0) is 20.7 Å². The van der Waals surface area contributed by atoms with Gasteiger partial charge in [-0.15, -0.1) is 0 Å². The number of phenols is 1. The molecule has 2 N–H and O–H groups in total. The number of carbonyl (C=O) groups is 1. The van der Waals surface area contributed by atoms with E-state index in [2.05, 4.69) is 0 Å². The number of esters is 1. The number of likely N-dealkylation sites (N-methyl/N-ethyl adjacent to an activating group) is 1. The molecule has 0 aliphatic carbocycles. The van der Waals surface area contributed by atoms with Crippen LogP contribution in [0.4, 0.5) is 0 Å². The summed E-state index contributed by atoms with van der Waals surface area (Å²) in [5, 5.41) is 24.8. The molecule has 3 aromatic carbocycles. The largest absolute Gasteiger partial charge is 0.507 e. The minimum atomic E-state index is -1.16. The molecular formula is C31H35NO9. The summed E-state index contributed by atoms with van der Waals surface area (Å²) in [5.74, 6) is 0.255. The molecule has 2 heterocycles. The standard InChI is InChI=1S/C31H35NO9/c1-8-16-11-19-23(21(12-16)37-6)18-13-22(38-7)25-20(34)10-9-17(24(25)29(18)41-31(19)36)30-27(35)26(32(4)5)28(14(2)39-30)40-15(3)33/h9-14,26-28,30,34-35H,8H2,1-7H3/t14-,26+,27-,28+,30-/m0/s1. The summed E-state index contributed by atoms with van der Waals surface area (Å²) in [5.41, 5.74) is 1.01. The van der Waals surface area contributed by atoms with E-state index in [0.717, 1.165) is 5.56 Å². The predicted octanol–water partition coefficient (Wildman–Crippen LogP) is 4.07. The monoisotopic (exact) mass is 565 g/mol. The number of aromatic hydroxyl groups is 1.